The van der Waals surface area contributed by atoms with Gasteiger partial charge in [-0.05, 0) is 54.6 Å². The maximum absolute atomic E-state index is 13.1. The predicted octanol–water partition coefficient (Wildman–Crippen LogP) is 3.37. The largest absolute Gasteiger partial charge is 0.337 e. The molecule has 0 spiro atoms. The molecule has 29 heavy (non-hydrogen) atoms. The van der Waals surface area contributed by atoms with Gasteiger partial charge in [0.15, 0.2) is 0 Å². The molecule has 5 heteroatoms. The Morgan fingerprint density at radius 3 is 2.55 bits per heavy atom. The monoisotopic (exact) mass is 389 g/mol. The van der Waals surface area contributed by atoms with E-state index < -0.39 is 0 Å². The molecular formula is C24H27N3O2. The van der Waals surface area contributed by atoms with Crippen molar-refractivity contribution in [1.29, 1.82) is 0 Å². The third kappa shape index (κ3) is 4.57. The quantitative estimate of drug-likeness (QED) is 0.703. The first-order chi connectivity index (χ1) is 14.1. The molecule has 1 saturated heterocycles. The fourth-order valence-electron chi connectivity index (χ4n) is 4.12. The molecule has 1 fully saturated rings. The molecule has 1 amide bonds. The van der Waals surface area contributed by atoms with Gasteiger partial charge in [0.25, 0.3) is 0 Å². The number of carbonyl (C=O) groups is 1. The molecule has 1 atom stereocenters. The Bertz CT molecular complexity index is 1040. The predicted molar refractivity (Wildman–Crippen MR) is 116 cm³/mol. The summed E-state index contributed by atoms with van der Waals surface area (Å²) in [5.41, 5.74) is 2.71. The Balaban J connectivity index is 1.54. The van der Waals surface area contributed by atoms with Gasteiger partial charge in [-0.25, -0.2) is 0 Å². The van der Waals surface area contributed by atoms with Gasteiger partial charge in [0.1, 0.15) is 0 Å². The van der Waals surface area contributed by atoms with E-state index in [2.05, 4.69) is 22.0 Å². The number of pyridine rings is 1. The van der Waals surface area contributed by atoms with Crippen LogP contribution in [0.25, 0.3) is 10.9 Å². The molecule has 1 aliphatic heterocycles. The molecular weight excluding hydrogens is 362 g/mol. The number of H-pyrrole nitrogens is 1. The van der Waals surface area contributed by atoms with E-state index in [4.69, 9.17) is 0 Å². The number of nitrogens with one attached hydrogen (secondary N) is 1. The van der Waals surface area contributed by atoms with Crippen LogP contribution < -0.4 is 5.56 Å². The second kappa shape index (κ2) is 8.62. The molecule has 4 rings (SSSR count). The Hall–Kier alpha value is -2.92. The molecule has 5 nitrogen and oxygen atoms in total. The zero-order valence-electron chi connectivity index (χ0n) is 16.8. The van der Waals surface area contributed by atoms with E-state index in [-0.39, 0.29) is 17.5 Å². The van der Waals surface area contributed by atoms with Crippen molar-refractivity contribution < 1.29 is 4.79 Å². The van der Waals surface area contributed by atoms with Crippen LogP contribution in [0, 0.1) is 0 Å². The standard InChI is InChI=1S/C24H27N3O2/c1-26(22(17-27-13-5-6-14-27)20-7-3-2-4-8-20)24(29)16-18-9-10-19-11-12-23(28)25-21(19)15-18/h2-4,7-12,15,22H,5-6,13-14,16-17H2,1H3,(H,25,28). The highest BCUT2D eigenvalue weighted by Gasteiger charge is 2.25. The first kappa shape index (κ1) is 19.4. The molecule has 2 aromatic carbocycles. The van der Waals surface area contributed by atoms with E-state index in [0.29, 0.717) is 6.42 Å². The highest BCUT2D eigenvalue weighted by Crippen LogP contribution is 2.24. The summed E-state index contributed by atoms with van der Waals surface area (Å²) >= 11 is 0. The van der Waals surface area contributed by atoms with Crippen LogP contribution >= 0.6 is 0 Å². The number of rotatable bonds is 6. The maximum Gasteiger partial charge on any atom is 0.248 e. The summed E-state index contributed by atoms with van der Waals surface area (Å²) in [5, 5.41) is 0.963. The molecule has 0 bridgehead atoms. The van der Waals surface area contributed by atoms with Crippen LogP contribution in [0.2, 0.25) is 0 Å². The summed E-state index contributed by atoms with van der Waals surface area (Å²) in [4.78, 5) is 31.9. The van der Waals surface area contributed by atoms with E-state index in [0.717, 1.165) is 41.7 Å². The van der Waals surface area contributed by atoms with Gasteiger partial charge in [-0.3, -0.25) is 9.59 Å². The minimum Gasteiger partial charge on any atom is -0.337 e. The number of nitrogens with zero attached hydrogens (tertiary/aromatic N) is 2. The average molecular weight is 389 g/mol. The molecule has 1 N–H and O–H groups in total. The van der Waals surface area contributed by atoms with Crippen LogP contribution in [-0.2, 0) is 11.2 Å². The number of aromatic nitrogens is 1. The normalized spacial score (nSPS) is 15.5. The summed E-state index contributed by atoms with van der Waals surface area (Å²) < 4.78 is 0. The number of hydrogen-bond acceptors (Lipinski definition) is 3. The molecule has 1 aliphatic rings. The molecule has 1 unspecified atom stereocenters. The molecule has 0 aliphatic carbocycles. The second-order valence-corrected chi connectivity index (χ2v) is 7.86. The average Bonchev–Trinajstić information content (AvgIpc) is 3.25. The van der Waals surface area contributed by atoms with Crippen LogP contribution in [0.5, 0.6) is 0 Å². The summed E-state index contributed by atoms with van der Waals surface area (Å²) in [6.07, 6.45) is 2.77. The zero-order chi connectivity index (χ0) is 20.2. The van der Waals surface area contributed by atoms with Crippen LogP contribution in [0.15, 0.2) is 65.5 Å². The topological polar surface area (TPSA) is 56.4 Å². The maximum atomic E-state index is 13.1. The van der Waals surface area contributed by atoms with Gasteiger partial charge in [-0.1, -0.05) is 42.5 Å². The third-order valence-electron chi connectivity index (χ3n) is 5.82. The number of hydrogen-bond donors (Lipinski definition) is 1. The van der Waals surface area contributed by atoms with E-state index in [1.54, 1.807) is 6.07 Å². The third-order valence-corrected chi connectivity index (χ3v) is 5.82. The van der Waals surface area contributed by atoms with Crippen molar-refractivity contribution in [2.24, 2.45) is 0 Å². The Labute approximate surface area is 171 Å². The minimum atomic E-state index is -0.132. The Morgan fingerprint density at radius 2 is 1.79 bits per heavy atom. The molecule has 1 aromatic heterocycles. The summed E-state index contributed by atoms with van der Waals surface area (Å²) in [6, 6.07) is 19.4. The molecule has 2 heterocycles. The van der Waals surface area contributed by atoms with Crippen LogP contribution in [0.3, 0.4) is 0 Å². The van der Waals surface area contributed by atoms with Gasteiger partial charge in [0, 0.05) is 25.2 Å². The lowest BCUT2D eigenvalue weighted by Gasteiger charge is -2.32. The number of likely N-dealkylation sites (N-methyl/N-ethyl adjacent to an activating group) is 1. The van der Waals surface area contributed by atoms with Crippen molar-refractivity contribution >= 4 is 16.8 Å². The van der Waals surface area contributed by atoms with Crippen molar-refractivity contribution in [1.82, 2.24) is 14.8 Å². The SMILES string of the molecule is CN(C(=O)Cc1ccc2ccc(=O)[nH]c2c1)C(CN1CCCC1)c1ccccc1. The number of amides is 1. The van der Waals surface area contributed by atoms with Crippen LogP contribution in [0.1, 0.15) is 30.0 Å². The van der Waals surface area contributed by atoms with Crippen LogP contribution in [-0.4, -0.2) is 47.4 Å². The van der Waals surface area contributed by atoms with E-state index in [9.17, 15) is 9.59 Å². The number of benzene rings is 2. The minimum absolute atomic E-state index is 0.0297. The zero-order valence-corrected chi connectivity index (χ0v) is 16.8. The second-order valence-electron chi connectivity index (χ2n) is 7.86. The highest BCUT2D eigenvalue weighted by atomic mass is 16.2. The number of fused-ring (bicyclic) bond motifs is 1. The molecule has 0 radical (unpaired) electrons. The van der Waals surface area contributed by atoms with E-state index in [1.807, 2.05) is 48.3 Å². The molecule has 3 aromatic rings. The first-order valence-electron chi connectivity index (χ1n) is 10.2. The fraction of sp³-hybridized carbons (Fsp3) is 0.333. The van der Waals surface area contributed by atoms with Gasteiger partial charge in [-0.2, -0.15) is 0 Å². The lowest BCUT2D eigenvalue weighted by atomic mass is 10.0. The van der Waals surface area contributed by atoms with Crippen LogP contribution in [0.4, 0.5) is 0 Å². The smallest absolute Gasteiger partial charge is 0.248 e. The van der Waals surface area contributed by atoms with Crippen molar-refractivity contribution in [3.05, 3.63) is 82.1 Å². The lowest BCUT2D eigenvalue weighted by molar-refractivity contribution is -0.131. The fourth-order valence-corrected chi connectivity index (χ4v) is 4.12. The van der Waals surface area contributed by atoms with Crippen molar-refractivity contribution in [2.45, 2.75) is 25.3 Å². The molecule has 150 valence electrons. The Kier molecular flexibility index (Phi) is 5.76. The number of carbonyl (C=O) groups excluding carboxylic acids is 1. The first-order valence-corrected chi connectivity index (χ1v) is 10.2. The van der Waals surface area contributed by atoms with Crippen molar-refractivity contribution in [3.63, 3.8) is 0 Å². The summed E-state index contributed by atoms with van der Waals surface area (Å²) in [7, 11) is 1.90. The van der Waals surface area contributed by atoms with E-state index >= 15 is 0 Å². The molecule has 0 saturated carbocycles. The lowest BCUT2D eigenvalue weighted by Crippen LogP contribution is -2.39. The number of aromatic amines is 1. The van der Waals surface area contributed by atoms with Gasteiger partial charge in [-0.15, -0.1) is 0 Å². The van der Waals surface area contributed by atoms with Gasteiger partial charge in [0.05, 0.1) is 12.5 Å². The van der Waals surface area contributed by atoms with Crippen molar-refractivity contribution in [3.8, 4) is 0 Å². The van der Waals surface area contributed by atoms with Gasteiger partial charge >= 0.3 is 0 Å². The van der Waals surface area contributed by atoms with E-state index in [1.165, 1.54) is 18.9 Å². The Morgan fingerprint density at radius 1 is 1.07 bits per heavy atom. The number of likely N-dealkylation sites (tertiary alicyclic amines) is 1. The van der Waals surface area contributed by atoms with Gasteiger partial charge in [0.2, 0.25) is 11.5 Å². The van der Waals surface area contributed by atoms with Crippen molar-refractivity contribution in [2.75, 3.05) is 26.7 Å². The summed E-state index contributed by atoms with van der Waals surface area (Å²) in [6.45, 7) is 3.06. The highest BCUT2D eigenvalue weighted by molar-refractivity contribution is 5.83. The summed E-state index contributed by atoms with van der Waals surface area (Å²) in [5.74, 6) is 0.0793. The van der Waals surface area contributed by atoms with Gasteiger partial charge < -0.3 is 14.8 Å².